The van der Waals surface area contributed by atoms with Crippen molar-refractivity contribution in [3.63, 3.8) is 0 Å². The molecule has 1 fully saturated rings. The summed E-state index contributed by atoms with van der Waals surface area (Å²) in [4.78, 5) is 34.5. The molecule has 0 unspecified atom stereocenters. The molecule has 1 N–H and O–H groups in total. The summed E-state index contributed by atoms with van der Waals surface area (Å²) < 4.78 is 7.31. The summed E-state index contributed by atoms with van der Waals surface area (Å²) in [6, 6.07) is 4.02. The molecule has 4 rings (SSSR count). The first-order valence-electron chi connectivity index (χ1n) is 10.7. The molecule has 172 valence electrons. The first kappa shape index (κ1) is 23.4. The number of fused-ring (bicyclic) bond motifs is 1. The highest BCUT2D eigenvalue weighted by molar-refractivity contribution is 5.78. The molecule has 3 aromatic heterocycles. The zero-order valence-corrected chi connectivity index (χ0v) is 18.8. The molecule has 10 heteroatoms. The highest BCUT2D eigenvalue weighted by Crippen LogP contribution is 2.15. The van der Waals surface area contributed by atoms with Crippen molar-refractivity contribution in [3.05, 3.63) is 47.5 Å². The number of imidazole rings is 1. The number of amides is 1. The van der Waals surface area contributed by atoms with Gasteiger partial charge in [0.2, 0.25) is 11.8 Å². The standard InChI is InChI=1S/C21H28N6O2.CH2O2/c1-15(2)21-23-18(24-29-21)14-25-7-5-8-26(11-10-25)19(28)12-17-13-22-20-16(3)6-4-9-27(17)20;2-1-3/h4,6,9,13,15H,5,7-8,10-12,14H2,1-3H3;1H,(H,2,3). The topological polar surface area (TPSA) is 117 Å². The fraction of sp³-hybridized carbons (Fsp3) is 0.500. The Morgan fingerprint density at radius 2 is 2.06 bits per heavy atom. The molecular weight excluding hydrogens is 412 g/mol. The van der Waals surface area contributed by atoms with Crippen LogP contribution in [0.25, 0.3) is 5.65 Å². The lowest BCUT2D eigenvalue weighted by atomic mass is 10.2. The maximum Gasteiger partial charge on any atom is 0.290 e. The predicted octanol–water partition coefficient (Wildman–Crippen LogP) is 2.13. The summed E-state index contributed by atoms with van der Waals surface area (Å²) in [5.74, 6) is 1.78. The van der Waals surface area contributed by atoms with Gasteiger partial charge in [0.25, 0.3) is 6.47 Å². The molecule has 0 aliphatic carbocycles. The Bertz CT molecular complexity index is 1040. The number of carbonyl (C=O) groups excluding carboxylic acids is 1. The van der Waals surface area contributed by atoms with Gasteiger partial charge >= 0.3 is 0 Å². The van der Waals surface area contributed by atoms with Gasteiger partial charge in [-0.05, 0) is 25.0 Å². The second kappa shape index (κ2) is 10.9. The summed E-state index contributed by atoms with van der Waals surface area (Å²) in [7, 11) is 0. The van der Waals surface area contributed by atoms with Gasteiger partial charge in [-0.15, -0.1) is 0 Å². The second-order valence-corrected chi connectivity index (χ2v) is 8.13. The van der Waals surface area contributed by atoms with E-state index in [9.17, 15) is 4.79 Å². The van der Waals surface area contributed by atoms with Gasteiger partial charge in [0.15, 0.2) is 5.82 Å². The summed E-state index contributed by atoms with van der Waals surface area (Å²) >= 11 is 0. The van der Waals surface area contributed by atoms with E-state index in [2.05, 4.69) is 20.0 Å². The minimum Gasteiger partial charge on any atom is -0.483 e. The highest BCUT2D eigenvalue weighted by atomic mass is 16.5. The molecule has 0 bridgehead atoms. The van der Waals surface area contributed by atoms with Crippen LogP contribution in [0.5, 0.6) is 0 Å². The molecule has 1 amide bonds. The van der Waals surface area contributed by atoms with E-state index in [0.29, 0.717) is 25.4 Å². The number of aromatic nitrogens is 4. The third kappa shape index (κ3) is 5.70. The minimum absolute atomic E-state index is 0.150. The van der Waals surface area contributed by atoms with E-state index in [0.717, 1.165) is 48.8 Å². The van der Waals surface area contributed by atoms with Crippen molar-refractivity contribution < 1.29 is 19.2 Å². The summed E-state index contributed by atoms with van der Waals surface area (Å²) in [6.07, 6.45) is 5.09. The van der Waals surface area contributed by atoms with Crippen molar-refractivity contribution in [2.45, 2.75) is 46.1 Å². The Morgan fingerprint density at radius 3 is 2.78 bits per heavy atom. The molecule has 10 nitrogen and oxygen atoms in total. The van der Waals surface area contributed by atoms with E-state index >= 15 is 0 Å². The van der Waals surface area contributed by atoms with Gasteiger partial charge in [0.1, 0.15) is 5.65 Å². The first-order chi connectivity index (χ1) is 15.4. The van der Waals surface area contributed by atoms with Gasteiger partial charge in [0, 0.05) is 44.5 Å². The number of carboxylic acid groups (broad SMARTS) is 1. The Balaban J connectivity index is 0.000000913. The molecule has 32 heavy (non-hydrogen) atoms. The van der Waals surface area contributed by atoms with Gasteiger partial charge in [-0.2, -0.15) is 4.98 Å². The molecule has 0 spiro atoms. The molecular formula is C22H30N6O4. The molecule has 1 saturated heterocycles. The molecule has 1 aliphatic rings. The average Bonchev–Trinajstić information content (AvgIpc) is 3.32. The molecule has 1 aliphatic heterocycles. The number of aryl methyl sites for hydroxylation is 1. The third-order valence-corrected chi connectivity index (χ3v) is 5.42. The Labute approximate surface area is 186 Å². The number of nitrogens with zero attached hydrogens (tertiary/aromatic N) is 6. The van der Waals surface area contributed by atoms with Crippen LogP contribution in [-0.4, -0.2) is 73.0 Å². The molecule has 0 atom stereocenters. The predicted molar refractivity (Wildman–Crippen MR) is 117 cm³/mol. The number of hydrogen-bond donors (Lipinski definition) is 1. The van der Waals surface area contributed by atoms with Crippen LogP contribution in [-0.2, 0) is 22.6 Å². The molecule has 0 radical (unpaired) electrons. The lowest BCUT2D eigenvalue weighted by Gasteiger charge is -2.21. The smallest absolute Gasteiger partial charge is 0.290 e. The van der Waals surface area contributed by atoms with E-state index in [4.69, 9.17) is 14.4 Å². The summed E-state index contributed by atoms with van der Waals surface area (Å²) in [5, 5.41) is 11.0. The van der Waals surface area contributed by atoms with Crippen molar-refractivity contribution in [1.82, 2.24) is 29.3 Å². The Morgan fingerprint density at radius 1 is 1.28 bits per heavy atom. The SMILES string of the molecule is Cc1cccn2c(CC(=O)N3CCCN(Cc4noc(C(C)C)n4)CC3)cnc12.O=CO. The number of pyridine rings is 1. The fourth-order valence-corrected chi connectivity index (χ4v) is 3.74. The van der Waals surface area contributed by atoms with E-state index in [1.54, 1.807) is 0 Å². The largest absolute Gasteiger partial charge is 0.483 e. The number of rotatable bonds is 5. The maximum absolute atomic E-state index is 12.9. The Hall–Kier alpha value is -3.27. The van der Waals surface area contributed by atoms with Gasteiger partial charge in [-0.25, -0.2) is 4.98 Å². The van der Waals surface area contributed by atoms with Crippen LogP contribution < -0.4 is 0 Å². The molecule has 3 aromatic rings. The third-order valence-electron chi connectivity index (χ3n) is 5.42. The lowest BCUT2D eigenvalue weighted by molar-refractivity contribution is -0.130. The van der Waals surface area contributed by atoms with Crippen LogP contribution in [0.1, 0.15) is 49.2 Å². The quantitative estimate of drug-likeness (QED) is 0.597. The zero-order chi connectivity index (χ0) is 23.1. The van der Waals surface area contributed by atoms with Crippen LogP contribution in [0, 0.1) is 6.92 Å². The van der Waals surface area contributed by atoms with E-state index < -0.39 is 0 Å². The Kier molecular flexibility index (Phi) is 7.93. The average molecular weight is 443 g/mol. The monoisotopic (exact) mass is 442 g/mol. The van der Waals surface area contributed by atoms with Crippen molar-refractivity contribution in [1.29, 1.82) is 0 Å². The van der Waals surface area contributed by atoms with Crippen molar-refractivity contribution in [2.24, 2.45) is 0 Å². The van der Waals surface area contributed by atoms with Crippen LogP contribution in [0.4, 0.5) is 0 Å². The minimum atomic E-state index is -0.250. The molecule has 0 saturated carbocycles. The number of carbonyl (C=O) groups is 2. The van der Waals surface area contributed by atoms with E-state index in [1.807, 2.05) is 54.6 Å². The molecule has 0 aromatic carbocycles. The first-order valence-corrected chi connectivity index (χ1v) is 10.7. The van der Waals surface area contributed by atoms with Crippen molar-refractivity contribution in [2.75, 3.05) is 26.2 Å². The van der Waals surface area contributed by atoms with Crippen molar-refractivity contribution in [3.8, 4) is 0 Å². The van der Waals surface area contributed by atoms with Crippen LogP contribution in [0.3, 0.4) is 0 Å². The number of hydrogen-bond acceptors (Lipinski definition) is 7. The normalized spacial score (nSPS) is 14.8. The van der Waals surface area contributed by atoms with Gasteiger partial charge in [-0.1, -0.05) is 25.1 Å². The van der Waals surface area contributed by atoms with Gasteiger partial charge < -0.3 is 18.9 Å². The van der Waals surface area contributed by atoms with Gasteiger partial charge in [0.05, 0.1) is 18.7 Å². The second-order valence-electron chi connectivity index (χ2n) is 8.13. The van der Waals surface area contributed by atoms with E-state index in [1.165, 1.54) is 0 Å². The van der Waals surface area contributed by atoms with Crippen molar-refractivity contribution >= 4 is 18.0 Å². The lowest BCUT2D eigenvalue weighted by Crippen LogP contribution is -2.36. The zero-order valence-electron chi connectivity index (χ0n) is 18.8. The fourth-order valence-electron chi connectivity index (χ4n) is 3.74. The molecule has 4 heterocycles. The highest BCUT2D eigenvalue weighted by Gasteiger charge is 2.22. The summed E-state index contributed by atoms with van der Waals surface area (Å²) in [5.41, 5.74) is 2.96. The van der Waals surface area contributed by atoms with Crippen LogP contribution >= 0.6 is 0 Å². The van der Waals surface area contributed by atoms with Crippen LogP contribution in [0.2, 0.25) is 0 Å². The van der Waals surface area contributed by atoms with Crippen LogP contribution in [0.15, 0.2) is 29.0 Å². The summed E-state index contributed by atoms with van der Waals surface area (Å²) in [6.45, 7) is 9.73. The maximum atomic E-state index is 12.9. The van der Waals surface area contributed by atoms with E-state index in [-0.39, 0.29) is 18.3 Å². The van der Waals surface area contributed by atoms with Gasteiger partial charge in [-0.3, -0.25) is 14.5 Å².